The van der Waals surface area contributed by atoms with Crippen LogP contribution in [-0.4, -0.2) is 14.1 Å². The normalized spacial score (nSPS) is 10.3. The molecule has 0 saturated carbocycles. The van der Waals surface area contributed by atoms with Gasteiger partial charge < -0.3 is 10.2 Å². The number of anilines is 2. The summed E-state index contributed by atoms with van der Waals surface area (Å²) in [6.45, 7) is 0.756. The molecule has 0 atom stereocenters. The van der Waals surface area contributed by atoms with Gasteiger partial charge in [-0.2, -0.15) is 0 Å². The Labute approximate surface area is 123 Å². The van der Waals surface area contributed by atoms with Crippen LogP contribution in [0.4, 0.5) is 11.4 Å². The van der Waals surface area contributed by atoms with Crippen LogP contribution >= 0.6 is 23.2 Å². The number of rotatable bonds is 4. The Morgan fingerprint density at radius 1 is 0.947 bits per heavy atom. The van der Waals surface area contributed by atoms with Crippen molar-refractivity contribution in [3.05, 3.63) is 58.1 Å². The van der Waals surface area contributed by atoms with Gasteiger partial charge >= 0.3 is 0 Å². The highest BCUT2D eigenvalue weighted by molar-refractivity contribution is 6.42. The molecule has 2 nitrogen and oxygen atoms in total. The second kappa shape index (κ2) is 6.18. The zero-order valence-electron chi connectivity index (χ0n) is 11.0. The van der Waals surface area contributed by atoms with Gasteiger partial charge in [-0.05, 0) is 35.9 Å². The van der Waals surface area contributed by atoms with Gasteiger partial charge in [-0.3, -0.25) is 0 Å². The maximum absolute atomic E-state index is 5.97. The fourth-order valence-electron chi connectivity index (χ4n) is 1.72. The number of hydrogen-bond donors (Lipinski definition) is 1. The number of benzene rings is 2. The zero-order valence-corrected chi connectivity index (χ0v) is 12.5. The molecule has 0 aliphatic rings. The first-order valence-electron chi connectivity index (χ1n) is 6.01. The fraction of sp³-hybridized carbons (Fsp3) is 0.200. The first-order valence-corrected chi connectivity index (χ1v) is 6.77. The van der Waals surface area contributed by atoms with Crippen molar-refractivity contribution in [2.45, 2.75) is 6.54 Å². The Balaban J connectivity index is 2.00. The Bertz CT molecular complexity index is 551. The molecular weight excluding hydrogens is 279 g/mol. The van der Waals surface area contributed by atoms with E-state index in [1.807, 2.05) is 26.2 Å². The smallest absolute Gasteiger partial charge is 0.0612 e. The molecule has 0 aliphatic heterocycles. The van der Waals surface area contributed by atoms with E-state index in [0.29, 0.717) is 10.0 Å². The molecule has 2 aromatic rings. The highest BCUT2D eigenvalue weighted by Gasteiger charge is 2.00. The van der Waals surface area contributed by atoms with E-state index >= 15 is 0 Å². The molecule has 4 heteroatoms. The summed E-state index contributed by atoms with van der Waals surface area (Å²) in [5.41, 5.74) is 3.38. The van der Waals surface area contributed by atoms with Gasteiger partial charge in [0.2, 0.25) is 0 Å². The predicted molar refractivity (Wildman–Crippen MR) is 84.6 cm³/mol. The van der Waals surface area contributed by atoms with Crippen molar-refractivity contribution in [3.8, 4) is 0 Å². The van der Waals surface area contributed by atoms with Crippen LogP contribution in [0.25, 0.3) is 0 Å². The molecule has 0 heterocycles. The zero-order chi connectivity index (χ0) is 13.8. The lowest BCUT2D eigenvalue weighted by Crippen LogP contribution is -2.08. The van der Waals surface area contributed by atoms with Crippen molar-refractivity contribution in [1.29, 1.82) is 0 Å². The van der Waals surface area contributed by atoms with Gasteiger partial charge in [0, 0.05) is 32.0 Å². The Kier molecular flexibility index (Phi) is 4.56. The van der Waals surface area contributed by atoms with E-state index in [0.717, 1.165) is 12.2 Å². The van der Waals surface area contributed by atoms with Crippen molar-refractivity contribution in [2.75, 3.05) is 24.3 Å². The van der Waals surface area contributed by atoms with E-state index < -0.39 is 0 Å². The third kappa shape index (κ3) is 3.79. The van der Waals surface area contributed by atoms with Crippen molar-refractivity contribution in [1.82, 2.24) is 0 Å². The second-order valence-corrected chi connectivity index (χ2v) is 5.36. The van der Waals surface area contributed by atoms with Crippen LogP contribution in [0.3, 0.4) is 0 Å². The van der Waals surface area contributed by atoms with Crippen LogP contribution in [0, 0.1) is 0 Å². The van der Waals surface area contributed by atoms with Crippen LogP contribution < -0.4 is 10.2 Å². The largest absolute Gasteiger partial charge is 0.381 e. The van der Waals surface area contributed by atoms with Crippen molar-refractivity contribution in [2.24, 2.45) is 0 Å². The molecule has 0 saturated heterocycles. The molecule has 0 radical (unpaired) electrons. The van der Waals surface area contributed by atoms with Crippen LogP contribution in [0.15, 0.2) is 42.5 Å². The SMILES string of the molecule is CN(C)c1ccc(CNc2ccc(Cl)c(Cl)c2)cc1. The monoisotopic (exact) mass is 294 g/mol. The lowest BCUT2D eigenvalue weighted by atomic mass is 10.2. The van der Waals surface area contributed by atoms with E-state index in [1.165, 1.54) is 11.3 Å². The Hall–Kier alpha value is -1.38. The van der Waals surface area contributed by atoms with E-state index in [4.69, 9.17) is 23.2 Å². The second-order valence-electron chi connectivity index (χ2n) is 4.54. The van der Waals surface area contributed by atoms with Gasteiger partial charge in [-0.15, -0.1) is 0 Å². The minimum absolute atomic E-state index is 0.564. The molecule has 0 unspecified atom stereocenters. The molecule has 1 N–H and O–H groups in total. The molecule has 0 bridgehead atoms. The van der Waals surface area contributed by atoms with Gasteiger partial charge in [0.15, 0.2) is 0 Å². The average molecular weight is 295 g/mol. The molecule has 0 amide bonds. The number of nitrogens with one attached hydrogen (secondary N) is 1. The van der Waals surface area contributed by atoms with Crippen molar-refractivity contribution < 1.29 is 0 Å². The summed E-state index contributed by atoms with van der Waals surface area (Å²) in [4.78, 5) is 2.08. The highest BCUT2D eigenvalue weighted by atomic mass is 35.5. The van der Waals surface area contributed by atoms with E-state index in [9.17, 15) is 0 Å². The fourth-order valence-corrected chi connectivity index (χ4v) is 2.02. The summed E-state index contributed by atoms with van der Waals surface area (Å²) in [5, 5.41) is 4.46. The summed E-state index contributed by atoms with van der Waals surface area (Å²) >= 11 is 11.9. The molecule has 0 aromatic heterocycles. The van der Waals surface area contributed by atoms with E-state index in [1.54, 1.807) is 6.07 Å². The molecule has 2 aromatic carbocycles. The predicted octanol–water partition coefficient (Wildman–Crippen LogP) is 4.67. The molecule has 19 heavy (non-hydrogen) atoms. The summed E-state index contributed by atoms with van der Waals surface area (Å²) in [7, 11) is 4.06. The van der Waals surface area contributed by atoms with Gasteiger partial charge in [0.25, 0.3) is 0 Å². The van der Waals surface area contributed by atoms with Gasteiger partial charge in [-0.1, -0.05) is 35.3 Å². The molecule has 0 fully saturated rings. The quantitative estimate of drug-likeness (QED) is 0.881. The van der Waals surface area contributed by atoms with Crippen molar-refractivity contribution in [3.63, 3.8) is 0 Å². The first kappa shape index (κ1) is 14.0. The molecule has 2 rings (SSSR count). The topological polar surface area (TPSA) is 15.3 Å². The maximum atomic E-state index is 5.97. The number of halogens is 2. The Morgan fingerprint density at radius 3 is 2.21 bits per heavy atom. The standard InChI is InChI=1S/C15H16Cl2N2/c1-19(2)13-6-3-11(4-7-13)10-18-12-5-8-14(16)15(17)9-12/h3-9,18H,10H2,1-2H3. The van der Waals surface area contributed by atoms with Crippen LogP contribution in [0.2, 0.25) is 10.0 Å². The van der Waals surface area contributed by atoms with Crippen LogP contribution in [0.1, 0.15) is 5.56 Å². The van der Waals surface area contributed by atoms with Crippen LogP contribution in [0.5, 0.6) is 0 Å². The molecule has 0 aliphatic carbocycles. The third-order valence-corrected chi connectivity index (χ3v) is 3.61. The number of hydrogen-bond acceptors (Lipinski definition) is 2. The maximum Gasteiger partial charge on any atom is 0.0612 e. The van der Waals surface area contributed by atoms with Gasteiger partial charge in [-0.25, -0.2) is 0 Å². The van der Waals surface area contributed by atoms with Gasteiger partial charge in [0.1, 0.15) is 0 Å². The summed E-state index contributed by atoms with van der Waals surface area (Å²) < 4.78 is 0. The minimum atomic E-state index is 0.564. The number of nitrogens with zero attached hydrogens (tertiary/aromatic N) is 1. The molecular formula is C15H16Cl2N2. The van der Waals surface area contributed by atoms with E-state index in [2.05, 4.69) is 34.5 Å². The average Bonchev–Trinajstić information content (AvgIpc) is 2.40. The van der Waals surface area contributed by atoms with Gasteiger partial charge in [0.05, 0.1) is 10.0 Å². The molecule has 0 spiro atoms. The highest BCUT2D eigenvalue weighted by Crippen LogP contribution is 2.25. The first-order chi connectivity index (χ1) is 9.06. The summed E-state index contributed by atoms with van der Waals surface area (Å²) in [6.07, 6.45) is 0. The lowest BCUT2D eigenvalue weighted by Gasteiger charge is -2.13. The third-order valence-electron chi connectivity index (χ3n) is 2.87. The Morgan fingerprint density at radius 2 is 1.63 bits per heavy atom. The summed E-state index contributed by atoms with van der Waals surface area (Å²) in [5.74, 6) is 0. The molecule has 100 valence electrons. The van der Waals surface area contributed by atoms with Crippen molar-refractivity contribution >= 4 is 34.6 Å². The van der Waals surface area contributed by atoms with E-state index in [-0.39, 0.29) is 0 Å². The minimum Gasteiger partial charge on any atom is -0.381 e. The lowest BCUT2D eigenvalue weighted by molar-refractivity contribution is 1.11. The summed E-state index contributed by atoms with van der Waals surface area (Å²) in [6, 6.07) is 14.0. The van der Waals surface area contributed by atoms with Crippen LogP contribution in [-0.2, 0) is 6.54 Å².